The van der Waals surface area contributed by atoms with E-state index in [2.05, 4.69) is 35.0 Å². The van der Waals surface area contributed by atoms with Crippen LogP contribution < -0.4 is 4.74 Å². The fourth-order valence-electron chi connectivity index (χ4n) is 4.49. The molecule has 5 nitrogen and oxygen atoms in total. The molecule has 2 heterocycles. The Morgan fingerprint density at radius 1 is 1.23 bits per heavy atom. The zero-order valence-corrected chi connectivity index (χ0v) is 16.4. The lowest BCUT2D eigenvalue weighted by Crippen LogP contribution is -2.35. The highest BCUT2D eigenvalue weighted by atomic mass is 32.1. The lowest BCUT2D eigenvalue weighted by atomic mass is 9.92. The minimum Gasteiger partial charge on any atom is -0.474 e. The number of nitriles is 1. The zero-order valence-electron chi connectivity index (χ0n) is 15.6. The number of aryl methyl sites for hydroxylation is 1. The largest absolute Gasteiger partial charge is 0.474 e. The number of ether oxygens (including phenoxy) is 1. The van der Waals surface area contributed by atoms with Gasteiger partial charge in [0.2, 0.25) is 5.88 Å². The first-order chi connectivity index (χ1) is 12.7. The van der Waals surface area contributed by atoms with E-state index < -0.39 is 0 Å². The first-order valence-electron chi connectivity index (χ1n) is 9.63. The molecule has 2 aliphatic rings. The second kappa shape index (κ2) is 7.50. The van der Waals surface area contributed by atoms with Gasteiger partial charge in [0.05, 0.1) is 11.5 Å². The zero-order chi connectivity index (χ0) is 18.1. The van der Waals surface area contributed by atoms with Crippen molar-refractivity contribution in [3.63, 3.8) is 0 Å². The van der Waals surface area contributed by atoms with Crippen LogP contribution in [0.1, 0.15) is 61.3 Å². The molecule has 2 aromatic rings. The molecule has 1 fully saturated rings. The van der Waals surface area contributed by atoms with Crippen molar-refractivity contribution in [2.24, 2.45) is 0 Å². The van der Waals surface area contributed by atoms with Crippen molar-refractivity contribution in [2.75, 3.05) is 14.1 Å². The van der Waals surface area contributed by atoms with Gasteiger partial charge in [-0.05, 0) is 70.5 Å². The predicted octanol–water partition coefficient (Wildman–Crippen LogP) is 4.28. The summed E-state index contributed by atoms with van der Waals surface area (Å²) in [5.41, 5.74) is 1.37. The number of aromatic nitrogens is 2. The van der Waals surface area contributed by atoms with Gasteiger partial charge < -0.3 is 9.64 Å². The molecule has 138 valence electrons. The third-order valence-electron chi connectivity index (χ3n) is 5.95. The van der Waals surface area contributed by atoms with Crippen molar-refractivity contribution in [3.8, 4) is 11.9 Å². The SMILES string of the molecule is CN(C)C1CCC(Oc2ncnc3sc4c(c23)[C@@H](CCC#N)CC4)CC1. The molecular weight excluding hydrogens is 344 g/mol. The van der Waals surface area contributed by atoms with Crippen molar-refractivity contribution < 1.29 is 4.74 Å². The number of thiophene rings is 1. The van der Waals surface area contributed by atoms with Crippen LogP contribution in [0.3, 0.4) is 0 Å². The lowest BCUT2D eigenvalue weighted by molar-refractivity contribution is 0.108. The van der Waals surface area contributed by atoms with Crippen molar-refractivity contribution >= 4 is 21.6 Å². The lowest BCUT2D eigenvalue weighted by Gasteiger charge is -2.32. The molecule has 0 unspecified atom stereocenters. The first kappa shape index (κ1) is 17.7. The molecule has 0 bridgehead atoms. The van der Waals surface area contributed by atoms with Crippen LogP contribution in [-0.4, -0.2) is 41.1 Å². The fraction of sp³-hybridized carbons (Fsp3) is 0.650. The summed E-state index contributed by atoms with van der Waals surface area (Å²) >= 11 is 1.78. The van der Waals surface area contributed by atoms with Gasteiger partial charge in [-0.1, -0.05) is 0 Å². The van der Waals surface area contributed by atoms with Crippen LogP contribution in [0.15, 0.2) is 6.33 Å². The minimum atomic E-state index is 0.249. The third kappa shape index (κ3) is 3.30. The quantitative estimate of drug-likeness (QED) is 0.786. The number of fused-ring (bicyclic) bond motifs is 3. The number of hydrogen-bond acceptors (Lipinski definition) is 6. The Labute approximate surface area is 159 Å². The molecule has 0 radical (unpaired) electrons. The summed E-state index contributed by atoms with van der Waals surface area (Å²) in [7, 11) is 4.33. The minimum absolute atomic E-state index is 0.249. The number of hydrogen-bond donors (Lipinski definition) is 0. The summed E-state index contributed by atoms with van der Waals surface area (Å²) in [6.07, 6.45) is 10.2. The van der Waals surface area contributed by atoms with Gasteiger partial charge in [0.1, 0.15) is 17.3 Å². The molecule has 2 aromatic heterocycles. The van der Waals surface area contributed by atoms with E-state index in [0.29, 0.717) is 18.4 Å². The molecule has 4 rings (SSSR count). The van der Waals surface area contributed by atoms with Gasteiger partial charge in [0.15, 0.2) is 0 Å². The smallest absolute Gasteiger partial charge is 0.225 e. The fourth-order valence-corrected chi connectivity index (χ4v) is 5.73. The van der Waals surface area contributed by atoms with Gasteiger partial charge in [0.25, 0.3) is 0 Å². The van der Waals surface area contributed by atoms with Gasteiger partial charge in [-0.15, -0.1) is 11.3 Å². The molecule has 0 aliphatic heterocycles. The van der Waals surface area contributed by atoms with E-state index >= 15 is 0 Å². The van der Waals surface area contributed by atoms with Crippen LogP contribution in [0, 0.1) is 11.3 Å². The Kier molecular flexibility index (Phi) is 5.10. The molecule has 0 amide bonds. The number of nitrogens with zero attached hydrogens (tertiary/aromatic N) is 4. The van der Waals surface area contributed by atoms with Crippen molar-refractivity contribution in [3.05, 3.63) is 16.8 Å². The Balaban J connectivity index is 1.58. The number of rotatable bonds is 5. The van der Waals surface area contributed by atoms with Crippen LogP contribution in [0.2, 0.25) is 0 Å². The highest BCUT2D eigenvalue weighted by molar-refractivity contribution is 7.19. The third-order valence-corrected chi connectivity index (χ3v) is 7.13. The highest BCUT2D eigenvalue weighted by Crippen LogP contribution is 2.47. The summed E-state index contributed by atoms with van der Waals surface area (Å²) in [5.74, 6) is 1.22. The molecule has 2 aliphatic carbocycles. The van der Waals surface area contributed by atoms with Crippen molar-refractivity contribution in [1.29, 1.82) is 5.26 Å². The van der Waals surface area contributed by atoms with Crippen LogP contribution in [0.25, 0.3) is 10.2 Å². The Bertz CT molecular complexity index is 817. The van der Waals surface area contributed by atoms with Crippen LogP contribution in [-0.2, 0) is 6.42 Å². The molecule has 0 saturated heterocycles. The van der Waals surface area contributed by atoms with E-state index in [1.807, 2.05) is 0 Å². The second-order valence-corrected chi connectivity index (χ2v) is 8.83. The Morgan fingerprint density at radius 2 is 2.04 bits per heavy atom. The van der Waals surface area contributed by atoms with E-state index in [1.165, 1.54) is 23.3 Å². The summed E-state index contributed by atoms with van der Waals surface area (Å²) in [4.78, 5) is 13.8. The molecule has 0 N–H and O–H groups in total. The van der Waals surface area contributed by atoms with Crippen LogP contribution in [0.5, 0.6) is 5.88 Å². The van der Waals surface area contributed by atoms with E-state index in [-0.39, 0.29) is 6.10 Å². The van der Waals surface area contributed by atoms with E-state index in [9.17, 15) is 0 Å². The molecule has 0 aromatic carbocycles. The van der Waals surface area contributed by atoms with E-state index in [4.69, 9.17) is 10.00 Å². The van der Waals surface area contributed by atoms with Gasteiger partial charge >= 0.3 is 0 Å². The molecule has 1 saturated carbocycles. The Hall–Kier alpha value is -1.71. The van der Waals surface area contributed by atoms with Gasteiger partial charge in [-0.25, -0.2) is 9.97 Å². The normalized spacial score (nSPS) is 25.4. The maximum absolute atomic E-state index is 8.97. The van der Waals surface area contributed by atoms with Crippen LogP contribution in [0.4, 0.5) is 0 Å². The summed E-state index contributed by atoms with van der Waals surface area (Å²) in [6, 6.07) is 2.96. The van der Waals surface area contributed by atoms with Crippen molar-refractivity contribution in [1.82, 2.24) is 14.9 Å². The maximum Gasteiger partial charge on any atom is 0.225 e. The average Bonchev–Trinajstić information content (AvgIpc) is 3.20. The van der Waals surface area contributed by atoms with E-state index in [1.54, 1.807) is 17.7 Å². The Morgan fingerprint density at radius 3 is 2.77 bits per heavy atom. The van der Waals surface area contributed by atoms with Gasteiger partial charge in [-0.3, -0.25) is 0 Å². The topological polar surface area (TPSA) is 62.0 Å². The molecule has 0 spiro atoms. The standard InChI is InChI=1S/C20H26N4OS/c1-24(2)14-6-8-15(9-7-14)25-19-18-17-13(4-3-11-21)5-10-16(17)26-20(18)23-12-22-19/h12-15H,3-10H2,1-2H3/t13-,14?,15?/m0/s1. The maximum atomic E-state index is 8.97. The molecular formula is C20H26N4OS. The van der Waals surface area contributed by atoms with Gasteiger partial charge in [0, 0.05) is 17.3 Å². The van der Waals surface area contributed by atoms with Gasteiger partial charge in [-0.2, -0.15) is 5.26 Å². The highest BCUT2D eigenvalue weighted by Gasteiger charge is 2.31. The monoisotopic (exact) mass is 370 g/mol. The predicted molar refractivity (Wildman–Crippen MR) is 104 cm³/mol. The first-order valence-corrected chi connectivity index (χ1v) is 10.4. The molecule has 26 heavy (non-hydrogen) atoms. The van der Waals surface area contributed by atoms with E-state index in [0.717, 1.165) is 48.2 Å². The summed E-state index contributed by atoms with van der Waals surface area (Å²) < 4.78 is 6.41. The second-order valence-electron chi connectivity index (χ2n) is 7.74. The van der Waals surface area contributed by atoms with Crippen molar-refractivity contribution in [2.45, 2.75) is 69.4 Å². The summed E-state index contributed by atoms with van der Waals surface area (Å²) in [6.45, 7) is 0. The summed E-state index contributed by atoms with van der Waals surface area (Å²) in [5, 5.41) is 10.1. The average molecular weight is 371 g/mol. The van der Waals surface area contributed by atoms with Crippen LogP contribution >= 0.6 is 11.3 Å². The molecule has 6 heteroatoms. The molecule has 1 atom stereocenters.